The standard InChI is InChI=1S/C27H24O8/c1-30-18-7-5-16(6-8-18)14-25(28)34-19-9-10-20-21(15-19)35-22(26(20)29)11-17-12-23(31-2)27(33-4)24(13-17)32-3/h5-13,15H,14H2,1-4H3/b22-11-. The van der Waals surface area contributed by atoms with E-state index in [4.69, 9.17) is 28.4 Å². The molecule has 0 saturated carbocycles. The predicted molar refractivity (Wildman–Crippen MR) is 128 cm³/mol. The molecular formula is C27H24O8. The van der Waals surface area contributed by atoms with E-state index in [-0.39, 0.29) is 23.7 Å². The monoisotopic (exact) mass is 476 g/mol. The summed E-state index contributed by atoms with van der Waals surface area (Å²) in [6, 6.07) is 15.2. The molecule has 8 nitrogen and oxygen atoms in total. The first kappa shape index (κ1) is 23.7. The number of hydrogen-bond donors (Lipinski definition) is 0. The first-order valence-electron chi connectivity index (χ1n) is 10.7. The Labute approximate surface area is 202 Å². The van der Waals surface area contributed by atoms with Crippen molar-refractivity contribution in [2.24, 2.45) is 0 Å². The van der Waals surface area contributed by atoms with Crippen LogP contribution in [-0.4, -0.2) is 40.2 Å². The number of carbonyl (C=O) groups is 2. The molecule has 35 heavy (non-hydrogen) atoms. The number of ether oxygens (including phenoxy) is 6. The average molecular weight is 476 g/mol. The van der Waals surface area contributed by atoms with Gasteiger partial charge in [-0.1, -0.05) is 12.1 Å². The van der Waals surface area contributed by atoms with Crippen molar-refractivity contribution in [3.05, 3.63) is 77.0 Å². The minimum atomic E-state index is -0.437. The molecule has 0 aliphatic carbocycles. The highest BCUT2D eigenvalue weighted by Gasteiger charge is 2.28. The van der Waals surface area contributed by atoms with Crippen LogP contribution in [0.1, 0.15) is 21.5 Å². The summed E-state index contributed by atoms with van der Waals surface area (Å²) in [5.41, 5.74) is 1.79. The minimum Gasteiger partial charge on any atom is -0.497 e. The summed E-state index contributed by atoms with van der Waals surface area (Å²) < 4.78 is 32.4. The van der Waals surface area contributed by atoms with Crippen molar-refractivity contribution in [3.8, 4) is 34.5 Å². The van der Waals surface area contributed by atoms with Crippen molar-refractivity contribution >= 4 is 17.8 Å². The molecular weight excluding hydrogens is 452 g/mol. The highest BCUT2D eigenvalue weighted by molar-refractivity contribution is 6.14. The summed E-state index contributed by atoms with van der Waals surface area (Å²) in [5, 5.41) is 0. The molecule has 0 atom stereocenters. The lowest BCUT2D eigenvalue weighted by Crippen LogP contribution is -2.11. The molecule has 1 aliphatic rings. The van der Waals surface area contributed by atoms with Crippen LogP contribution in [0.3, 0.4) is 0 Å². The Balaban J connectivity index is 1.50. The lowest BCUT2D eigenvalue weighted by molar-refractivity contribution is -0.133. The molecule has 0 aromatic heterocycles. The van der Waals surface area contributed by atoms with E-state index in [0.717, 1.165) is 5.56 Å². The van der Waals surface area contributed by atoms with Crippen molar-refractivity contribution < 1.29 is 38.0 Å². The summed E-state index contributed by atoms with van der Waals surface area (Å²) >= 11 is 0. The lowest BCUT2D eigenvalue weighted by Gasteiger charge is -2.13. The van der Waals surface area contributed by atoms with E-state index in [0.29, 0.717) is 39.9 Å². The number of fused-ring (bicyclic) bond motifs is 1. The molecule has 0 spiro atoms. The zero-order valence-corrected chi connectivity index (χ0v) is 19.7. The molecule has 0 bridgehead atoms. The molecule has 3 aromatic carbocycles. The maximum atomic E-state index is 12.9. The van der Waals surface area contributed by atoms with Gasteiger partial charge in [0.15, 0.2) is 17.3 Å². The summed E-state index contributed by atoms with van der Waals surface area (Å²) in [6.45, 7) is 0. The van der Waals surface area contributed by atoms with Gasteiger partial charge in [-0.2, -0.15) is 0 Å². The number of benzene rings is 3. The van der Waals surface area contributed by atoms with Crippen LogP contribution in [0.4, 0.5) is 0 Å². The summed E-state index contributed by atoms with van der Waals surface area (Å²) in [7, 11) is 6.12. The van der Waals surface area contributed by atoms with Crippen molar-refractivity contribution in [2.75, 3.05) is 28.4 Å². The number of hydrogen-bond acceptors (Lipinski definition) is 8. The van der Waals surface area contributed by atoms with Crippen LogP contribution in [0.5, 0.6) is 34.5 Å². The van der Waals surface area contributed by atoms with Gasteiger partial charge >= 0.3 is 5.97 Å². The van der Waals surface area contributed by atoms with Crippen LogP contribution in [0.25, 0.3) is 6.08 Å². The average Bonchev–Trinajstić information content (AvgIpc) is 3.17. The second-order valence-corrected chi connectivity index (χ2v) is 7.56. The third-order valence-corrected chi connectivity index (χ3v) is 5.37. The van der Waals surface area contributed by atoms with Crippen LogP contribution in [0, 0.1) is 0 Å². The number of ketones is 1. The van der Waals surface area contributed by atoms with Crippen LogP contribution in [0.15, 0.2) is 60.4 Å². The number of Topliss-reactive ketones (excluding diaryl/α,β-unsaturated/α-hetero) is 1. The van der Waals surface area contributed by atoms with Gasteiger partial charge < -0.3 is 28.4 Å². The van der Waals surface area contributed by atoms with E-state index in [1.54, 1.807) is 61.7 Å². The second kappa shape index (κ2) is 10.2. The highest BCUT2D eigenvalue weighted by atomic mass is 16.5. The van der Waals surface area contributed by atoms with Gasteiger partial charge in [-0.3, -0.25) is 9.59 Å². The number of methoxy groups -OCH3 is 4. The fraction of sp³-hybridized carbons (Fsp3) is 0.185. The SMILES string of the molecule is COc1ccc(CC(=O)Oc2ccc3c(c2)O/C(=C\c2cc(OC)c(OC)c(OC)c2)C3=O)cc1. The van der Waals surface area contributed by atoms with Gasteiger partial charge in [-0.05, 0) is 53.6 Å². The molecule has 0 fully saturated rings. The number of esters is 1. The zero-order chi connectivity index (χ0) is 24.9. The Hall–Kier alpha value is -4.46. The Morgan fingerprint density at radius 3 is 2.09 bits per heavy atom. The molecule has 180 valence electrons. The summed E-state index contributed by atoms with van der Waals surface area (Å²) in [4.78, 5) is 25.2. The van der Waals surface area contributed by atoms with Crippen LogP contribution in [0.2, 0.25) is 0 Å². The molecule has 0 N–H and O–H groups in total. The maximum absolute atomic E-state index is 12.9. The first-order chi connectivity index (χ1) is 16.9. The van der Waals surface area contributed by atoms with Gasteiger partial charge in [0.05, 0.1) is 40.4 Å². The smallest absolute Gasteiger partial charge is 0.315 e. The summed E-state index contributed by atoms with van der Waals surface area (Å²) in [5.74, 6) is 2.04. The van der Waals surface area contributed by atoms with Crippen LogP contribution >= 0.6 is 0 Å². The molecule has 0 unspecified atom stereocenters. The molecule has 3 aromatic rings. The number of rotatable bonds is 8. The van der Waals surface area contributed by atoms with Gasteiger partial charge in [0.25, 0.3) is 0 Å². The van der Waals surface area contributed by atoms with E-state index in [9.17, 15) is 9.59 Å². The van der Waals surface area contributed by atoms with E-state index in [1.807, 2.05) is 0 Å². The van der Waals surface area contributed by atoms with Gasteiger partial charge in [-0.25, -0.2) is 0 Å². The van der Waals surface area contributed by atoms with Crippen molar-refractivity contribution in [1.82, 2.24) is 0 Å². The van der Waals surface area contributed by atoms with Crippen LogP contribution in [-0.2, 0) is 11.2 Å². The third kappa shape index (κ3) is 5.06. The van der Waals surface area contributed by atoms with E-state index in [2.05, 4.69) is 0 Å². The van der Waals surface area contributed by atoms with E-state index < -0.39 is 5.97 Å². The van der Waals surface area contributed by atoms with Gasteiger partial charge in [0.1, 0.15) is 17.2 Å². The normalized spacial score (nSPS) is 13.1. The summed E-state index contributed by atoms with van der Waals surface area (Å²) in [6.07, 6.45) is 1.68. The molecule has 0 amide bonds. The quantitative estimate of drug-likeness (QED) is 0.267. The minimum absolute atomic E-state index is 0.0904. The van der Waals surface area contributed by atoms with Gasteiger partial charge in [0, 0.05) is 6.07 Å². The van der Waals surface area contributed by atoms with Gasteiger partial charge in [-0.15, -0.1) is 0 Å². The van der Waals surface area contributed by atoms with Crippen LogP contribution < -0.4 is 28.4 Å². The predicted octanol–water partition coefficient (Wildman–Crippen LogP) is 4.49. The molecule has 1 heterocycles. The first-order valence-corrected chi connectivity index (χ1v) is 10.7. The molecule has 1 aliphatic heterocycles. The maximum Gasteiger partial charge on any atom is 0.315 e. The second-order valence-electron chi connectivity index (χ2n) is 7.56. The van der Waals surface area contributed by atoms with Crippen molar-refractivity contribution in [2.45, 2.75) is 6.42 Å². The van der Waals surface area contributed by atoms with E-state index >= 15 is 0 Å². The Bertz CT molecular complexity index is 1270. The van der Waals surface area contributed by atoms with Crippen molar-refractivity contribution in [1.29, 1.82) is 0 Å². The number of allylic oxidation sites excluding steroid dienone is 1. The van der Waals surface area contributed by atoms with Gasteiger partial charge in [0.2, 0.25) is 11.5 Å². The lowest BCUT2D eigenvalue weighted by atomic mass is 10.1. The largest absolute Gasteiger partial charge is 0.497 e. The van der Waals surface area contributed by atoms with E-state index in [1.165, 1.54) is 27.4 Å². The number of carbonyl (C=O) groups excluding carboxylic acids is 2. The molecule has 0 saturated heterocycles. The fourth-order valence-corrected chi connectivity index (χ4v) is 3.64. The Morgan fingerprint density at radius 1 is 0.829 bits per heavy atom. The Morgan fingerprint density at radius 2 is 1.49 bits per heavy atom. The van der Waals surface area contributed by atoms with Crippen molar-refractivity contribution in [3.63, 3.8) is 0 Å². The zero-order valence-electron chi connectivity index (χ0n) is 19.7. The molecule has 4 rings (SSSR count). The molecule has 0 radical (unpaired) electrons. The Kier molecular flexibility index (Phi) is 6.91. The highest BCUT2D eigenvalue weighted by Crippen LogP contribution is 2.40. The molecule has 8 heteroatoms. The fourth-order valence-electron chi connectivity index (χ4n) is 3.64. The third-order valence-electron chi connectivity index (χ3n) is 5.37. The topological polar surface area (TPSA) is 89.5 Å².